The molecular weight excluding hydrogens is 304 g/mol. The van der Waals surface area contributed by atoms with Gasteiger partial charge in [0.05, 0.1) is 32.0 Å². The van der Waals surface area contributed by atoms with E-state index in [4.69, 9.17) is 19.5 Å². The standard InChI is InChI=1S/C19H26N2O3/c1-22-18-5-3-4-16(18)17-13-24-9-8-21(17)12-14-6-7-15(11-20)19(10-14)23-2/h6-7,10,16-18H,3-5,8-9,12-13H2,1-2H3. The number of benzene rings is 1. The number of hydrogen-bond acceptors (Lipinski definition) is 5. The molecule has 1 aliphatic carbocycles. The molecule has 1 heterocycles. The first-order valence-corrected chi connectivity index (χ1v) is 8.68. The van der Waals surface area contributed by atoms with Gasteiger partial charge < -0.3 is 14.2 Å². The van der Waals surface area contributed by atoms with Gasteiger partial charge in [0, 0.05) is 32.2 Å². The van der Waals surface area contributed by atoms with E-state index in [0.29, 0.717) is 29.4 Å². The van der Waals surface area contributed by atoms with Crippen molar-refractivity contribution >= 4 is 0 Å². The molecule has 130 valence electrons. The second-order valence-corrected chi connectivity index (χ2v) is 6.63. The minimum atomic E-state index is 0.342. The van der Waals surface area contributed by atoms with E-state index in [1.807, 2.05) is 25.3 Å². The topological polar surface area (TPSA) is 54.7 Å². The van der Waals surface area contributed by atoms with Gasteiger partial charge in [-0.1, -0.05) is 12.5 Å². The van der Waals surface area contributed by atoms with E-state index in [2.05, 4.69) is 11.0 Å². The molecule has 0 radical (unpaired) electrons. The van der Waals surface area contributed by atoms with Gasteiger partial charge in [-0.2, -0.15) is 5.26 Å². The Bertz CT molecular complexity index is 599. The molecule has 1 aromatic carbocycles. The molecule has 0 aromatic heterocycles. The highest BCUT2D eigenvalue weighted by Crippen LogP contribution is 2.34. The van der Waals surface area contributed by atoms with Gasteiger partial charge >= 0.3 is 0 Å². The number of rotatable bonds is 5. The van der Waals surface area contributed by atoms with Gasteiger partial charge in [-0.05, 0) is 30.5 Å². The zero-order chi connectivity index (χ0) is 16.9. The molecule has 2 aliphatic rings. The predicted octanol–water partition coefficient (Wildman–Crippen LogP) is 2.58. The molecule has 0 N–H and O–H groups in total. The Morgan fingerprint density at radius 1 is 1.33 bits per heavy atom. The number of morpholine rings is 1. The van der Waals surface area contributed by atoms with Crippen molar-refractivity contribution in [2.75, 3.05) is 34.0 Å². The van der Waals surface area contributed by atoms with Gasteiger partial charge in [-0.15, -0.1) is 0 Å². The summed E-state index contributed by atoms with van der Waals surface area (Å²) in [5, 5.41) is 9.13. The van der Waals surface area contributed by atoms with E-state index in [1.54, 1.807) is 7.11 Å². The van der Waals surface area contributed by atoms with E-state index in [0.717, 1.165) is 32.7 Å². The molecule has 24 heavy (non-hydrogen) atoms. The summed E-state index contributed by atoms with van der Waals surface area (Å²) in [5.41, 5.74) is 1.75. The lowest BCUT2D eigenvalue weighted by atomic mass is 9.93. The number of ether oxygens (including phenoxy) is 3. The third-order valence-corrected chi connectivity index (χ3v) is 5.35. The van der Waals surface area contributed by atoms with Crippen molar-refractivity contribution in [3.05, 3.63) is 29.3 Å². The third kappa shape index (κ3) is 3.56. The molecular formula is C19H26N2O3. The fourth-order valence-corrected chi connectivity index (χ4v) is 4.10. The van der Waals surface area contributed by atoms with Crippen molar-refractivity contribution in [2.24, 2.45) is 5.92 Å². The Hall–Kier alpha value is -1.61. The Morgan fingerprint density at radius 3 is 2.96 bits per heavy atom. The van der Waals surface area contributed by atoms with Gasteiger partial charge in [0.25, 0.3) is 0 Å². The van der Waals surface area contributed by atoms with Crippen molar-refractivity contribution in [2.45, 2.75) is 38.0 Å². The monoisotopic (exact) mass is 330 g/mol. The second kappa shape index (κ2) is 7.98. The molecule has 1 aliphatic heterocycles. The summed E-state index contributed by atoms with van der Waals surface area (Å²) in [5.74, 6) is 1.19. The van der Waals surface area contributed by atoms with E-state index in [9.17, 15) is 0 Å². The van der Waals surface area contributed by atoms with E-state index in [1.165, 1.54) is 18.4 Å². The lowest BCUT2D eigenvalue weighted by Gasteiger charge is -2.40. The zero-order valence-electron chi connectivity index (χ0n) is 14.5. The molecule has 5 heteroatoms. The van der Waals surface area contributed by atoms with Crippen LogP contribution in [0.1, 0.15) is 30.4 Å². The summed E-state index contributed by atoms with van der Waals surface area (Å²) in [6.45, 7) is 3.33. The van der Waals surface area contributed by atoms with Crippen LogP contribution in [0.5, 0.6) is 5.75 Å². The highest BCUT2D eigenvalue weighted by Gasteiger charge is 2.38. The van der Waals surface area contributed by atoms with Crippen molar-refractivity contribution in [3.8, 4) is 11.8 Å². The third-order valence-electron chi connectivity index (χ3n) is 5.35. The number of hydrogen-bond donors (Lipinski definition) is 0. The molecule has 0 bridgehead atoms. The molecule has 0 amide bonds. The van der Waals surface area contributed by atoms with Gasteiger partial charge in [-0.3, -0.25) is 4.90 Å². The van der Waals surface area contributed by atoms with E-state index < -0.39 is 0 Å². The first-order chi connectivity index (χ1) is 11.8. The molecule has 1 saturated carbocycles. The van der Waals surface area contributed by atoms with Crippen LogP contribution in [0.2, 0.25) is 0 Å². The second-order valence-electron chi connectivity index (χ2n) is 6.63. The Kier molecular flexibility index (Phi) is 5.72. The largest absolute Gasteiger partial charge is 0.495 e. The zero-order valence-corrected chi connectivity index (χ0v) is 14.5. The Labute approximate surface area is 144 Å². The summed E-state index contributed by atoms with van der Waals surface area (Å²) in [7, 11) is 3.43. The molecule has 2 fully saturated rings. The van der Waals surface area contributed by atoms with Crippen molar-refractivity contribution in [1.29, 1.82) is 5.26 Å². The highest BCUT2D eigenvalue weighted by molar-refractivity contribution is 5.45. The fourth-order valence-electron chi connectivity index (χ4n) is 4.10. The molecule has 5 nitrogen and oxygen atoms in total. The number of methoxy groups -OCH3 is 2. The van der Waals surface area contributed by atoms with Crippen LogP contribution in [-0.4, -0.2) is 51.0 Å². The Balaban J connectivity index is 1.75. The average molecular weight is 330 g/mol. The predicted molar refractivity (Wildman–Crippen MR) is 90.9 cm³/mol. The minimum Gasteiger partial charge on any atom is -0.495 e. The molecule has 3 rings (SSSR count). The van der Waals surface area contributed by atoms with Crippen LogP contribution >= 0.6 is 0 Å². The highest BCUT2D eigenvalue weighted by atomic mass is 16.5. The summed E-state index contributed by atoms with van der Waals surface area (Å²) < 4.78 is 16.8. The number of nitrogens with zero attached hydrogens (tertiary/aromatic N) is 2. The van der Waals surface area contributed by atoms with Crippen LogP contribution in [0.25, 0.3) is 0 Å². The fraction of sp³-hybridized carbons (Fsp3) is 0.632. The molecule has 3 atom stereocenters. The maximum Gasteiger partial charge on any atom is 0.136 e. The van der Waals surface area contributed by atoms with E-state index in [-0.39, 0.29) is 0 Å². The summed E-state index contributed by atoms with van der Waals surface area (Å²) in [4.78, 5) is 2.51. The summed E-state index contributed by atoms with van der Waals surface area (Å²) in [6, 6.07) is 8.41. The van der Waals surface area contributed by atoms with Gasteiger partial charge in [-0.25, -0.2) is 0 Å². The SMILES string of the molecule is COc1cc(CN2CCOCC2C2CCCC2OC)ccc1C#N. The van der Waals surface area contributed by atoms with Crippen LogP contribution in [0.4, 0.5) is 0 Å². The molecule has 1 saturated heterocycles. The summed E-state index contributed by atoms with van der Waals surface area (Å²) >= 11 is 0. The lowest BCUT2D eigenvalue weighted by molar-refractivity contribution is -0.0608. The van der Waals surface area contributed by atoms with Crippen LogP contribution in [-0.2, 0) is 16.0 Å². The van der Waals surface area contributed by atoms with Crippen LogP contribution in [0, 0.1) is 17.2 Å². The smallest absolute Gasteiger partial charge is 0.136 e. The normalized spacial score (nSPS) is 27.8. The van der Waals surface area contributed by atoms with Crippen LogP contribution in [0.3, 0.4) is 0 Å². The van der Waals surface area contributed by atoms with Crippen molar-refractivity contribution in [1.82, 2.24) is 4.90 Å². The Morgan fingerprint density at radius 2 is 2.21 bits per heavy atom. The van der Waals surface area contributed by atoms with Crippen molar-refractivity contribution < 1.29 is 14.2 Å². The molecule has 0 spiro atoms. The first-order valence-electron chi connectivity index (χ1n) is 8.68. The van der Waals surface area contributed by atoms with Crippen LogP contribution in [0.15, 0.2) is 18.2 Å². The van der Waals surface area contributed by atoms with Gasteiger partial charge in [0.15, 0.2) is 0 Å². The number of nitriles is 1. The summed E-state index contributed by atoms with van der Waals surface area (Å²) in [6.07, 6.45) is 3.93. The average Bonchev–Trinajstić information content (AvgIpc) is 3.10. The first kappa shape index (κ1) is 17.2. The maximum absolute atomic E-state index is 9.13. The van der Waals surface area contributed by atoms with Gasteiger partial charge in [0.1, 0.15) is 11.8 Å². The van der Waals surface area contributed by atoms with E-state index >= 15 is 0 Å². The molecule has 1 aromatic rings. The van der Waals surface area contributed by atoms with Crippen LogP contribution < -0.4 is 4.74 Å². The lowest BCUT2D eigenvalue weighted by Crippen LogP contribution is -2.50. The quantitative estimate of drug-likeness (QED) is 0.830. The maximum atomic E-state index is 9.13. The minimum absolute atomic E-state index is 0.342. The van der Waals surface area contributed by atoms with Gasteiger partial charge in [0.2, 0.25) is 0 Å². The molecule has 3 unspecified atom stereocenters. The van der Waals surface area contributed by atoms with Crippen molar-refractivity contribution in [3.63, 3.8) is 0 Å².